The number of alkyl carbamates (subject to hydrolysis) is 1. The summed E-state index contributed by atoms with van der Waals surface area (Å²) in [5.41, 5.74) is 0.884. The molecule has 0 aromatic heterocycles. The number of nitrogens with one attached hydrogen (secondary N) is 1. The molecule has 1 aromatic carbocycles. The number of rotatable bonds is 4. The highest BCUT2D eigenvalue weighted by Crippen LogP contribution is 2.27. The molecule has 0 radical (unpaired) electrons. The van der Waals surface area contributed by atoms with Crippen LogP contribution in [0.25, 0.3) is 0 Å². The molecule has 0 aliphatic carbocycles. The molecule has 1 aromatic rings. The van der Waals surface area contributed by atoms with Crippen LogP contribution in [-0.2, 0) is 9.39 Å². The van der Waals surface area contributed by atoms with Gasteiger partial charge in [0, 0.05) is 12.0 Å². The van der Waals surface area contributed by atoms with Gasteiger partial charge in [0.1, 0.15) is 11.4 Å². The number of amides is 1. The van der Waals surface area contributed by atoms with E-state index in [-0.39, 0.29) is 6.54 Å². The molecule has 2 N–H and O–H groups in total. The van der Waals surface area contributed by atoms with Gasteiger partial charge in [0.2, 0.25) is 0 Å². The van der Waals surface area contributed by atoms with Gasteiger partial charge in [-0.2, -0.15) is 0 Å². The van der Waals surface area contributed by atoms with Gasteiger partial charge in [-0.05, 0) is 39.3 Å². The van der Waals surface area contributed by atoms with Gasteiger partial charge in [-0.25, -0.2) is 4.79 Å². The summed E-state index contributed by atoms with van der Waals surface area (Å²) in [5, 5.41) is 12.7. The van der Waals surface area contributed by atoms with E-state index in [1.54, 1.807) is 26.8 Å². The first-order valence-corrected chi connectivity index (χ1v) is 7.38. The molecule has 2 rings (SSSR count). The van der Waals surface area contributed by atoms with Crippen molar-refractivity contribution in [3.8, 4) is 5.75 Å². The number of hydrogen-bond acceptors (Lipinski definition) is 5. The predicted molar refractivity (Wildman–Crippen MR) is 83.3 cm³/mol. The molecule has 0 fully saturated rings. The second-order valence-electron chi connectivity index (χ2n) is 6.05. The lowest BCUT2D eigenvalue weighted by atomic mass is 9.78. The largest absolute Gasteiger partial charge is 0.495 e. The van der Waals surface area contributed by atoms with Crippen LogP contribution in [0, 0.1) is 0 Å². The number of carbonyl (C=O) groups is 1. The van der Waals surface area contributed by atoms with E-state index in [0.29, 0.717) is 17.8 Å². The lowest BCUT2D eigenvalue weighted by Gasteiger charge is -2.21. The SMILES string of the molecule is CCOc1cccc2c1B(O)OC2CNC(=O)OC(C)(C)C. The molecule has 120 valence electrons. The van der Waals surface area contributed by atoms with Crippen molar-refractivity contribution in [1.29, 1.82) is 0 Å². The van der Waals surface area contributed by atoms with E-state index in [1.807, 2.05) is 19.1 Å². The highest BCUT2D eigenvalue weighted by molar-refractivity contribution is 6.62. The van der Waals surface area contributed by atoms with Gasteiger partial charge < -0.3 is 24.5 Å². The number of hydrogen-bond donors (Lipinski definition) is 2. The first-order chi connectivity index (χ1) is 10.3. The van der Waals surface area contributed by atoms with Crippen LogP contribution < -0.4 is 15.5 Å². The van der Waals surface area contributed by atoms with Gasteiger partial charge in [-0.1, -0.05) is 12.1 Å². The molecule has 1 heterocycles. The number of carbonyl (C=O) groups excluding carboxylic acids is 1. The normalized spacial score (nSPS) is 17.1. The van der Waals surface area contributed by atoms with Gasteiger partial charge in [-0.15, -0.1) is 0 Å². The Kier molecular flexibility index (Phi) is 4.98. The summed E-state index contributed by atoms with van der Waals surface area (Å²) in [6, 6.07) is 5.49. The fraction of sp³-hybridized carbons (Fsp3) is 0.533. The summed E-state index contributed by atoms with van der Waals surface area (Å²) in [6.45, 7) is 7.99. The second-order valence-corrected chi connectivity index (χ2v) is 6.05. The Morgan fingerprint density at radius 1 is 1.45 bits per heavy atom. The topological polar surface area (TPSA) is 77.0 Å². The molecule has 1 amide bonds. The van der Waals surface area contributed by atoms with Crippen LogP contribution >= 0.6 is 0 Å². The standard InChI is InChI=1S/C15H22BNO5/c1-5-20-11-8-6-7-10-12(22-16(19)13(10)11)9-17-14(18)21-15(2,3)4/h6-8,12,19H,5,9H2,1-4H3,(H,17,18). The Morgan fingerprint density at radius 3 is 2.82 bits per heavy atom. The Bertz CT molecular complexity index is 543. The molecule has 1 aliphatic rings. The van der Waals surface area contributed by atoms with Crippen LogP contribution in [0.3, 0.4) is 0 Å². The van der Waals surface area contributed by atoms with Crippen molar-refractivity contribution in [2.24, 2.45) is 0 Å². The average molecular weight is 307 g/mol. The van der Waals surface area contributed by atoms with E-state index in [2.05, 4.69) is 5.32 Å². The van der Waals surface area contributed by atoms with Gasteiger partial charge in [0.25, 0.3) is 0 Å². The molecular weight excluding hydrogens is 285 g/mol. The molecule has 0 saturated carbocycles. The maximum atomic E-state index is 11.7. The first-order valence-electron chi connectivity index (χ1n) is 7.38. The maximum absolute atomic E-state index is 11.7. The molecule has 22 heavy (non-hydrogen) atoms. The summed E-state index contributed by atoms with van der Waals surface area (Å²) in [7, 11) is -1.05. The summed E-state index contributed by atoms with van der Waals surface area (Å²) in [5.74, 6) is 0.604. The van der Waals surface area contributed by atoms with Crippen molar-refractivity contribution in [2.75, 3.05) is 13.2 Å². The van der Waals surface area contributed by atoms with Gasteiger partial charge in [0.05, 0.1) is 12.7 Å². The maximum Gasteiger partial charge on any atom is 0.495 e. The molecule has 6 nitrogen and oxygen atoms in total. The fourth-order valence-corrected chi connectivity index (χ4v) is 2.33. The lowest BCUT2D eigenvalue weighted by Crippen LogP contribution is -2.35. The zero-order valence-corrected chi connectivity index (χ0v) is 13.4. The Hall–Kier alpha value is -1.73. The summed E-state index contributed by atoms with van der Waals surface area (Å²) in [6.07, 6.45) is -0.946. The molecule has 0 saturated heterocycles. The fourth-order valence-electron chi connectivity index (χ4n) is 2.33. The lowest BCUT2D eigenvalue weighted by molar-refractivity contribution is 0.0498. The van der Waals surface area contributed by atoms with Crippen molar-refractivity contribution in [3.63, 3.8) is 0 Å². The minimum Gasteiger partial charge on any atom is -0.494 e. The van der Waals surface area contributed by atoms with Crippen molar-refractivity contribution in [3.05, 3.63) is 23.8 Å². The van der Waals surface area contributed by atoms with E-state index < -0.39 is 24.9 Å². The van der Waals surface area contributed by atoms with Crippen molar-refractivity contribution in [1.82, 2.24) is 5.32 Å². The van der Waals surface area contributed by atoms with Crippen molar-refractivity contribution >= 4 is 18.7 Å². The third-order valence-electron chi connectivity index (χ3n) is 3.12. The monoisotopic (exact) mass is 307 g/mol. The number of fused-ring (bicyclic) bond motifs is 1. The Labute approximate surface area is 130 Å². The van der Waals surface area contributed by atoms with E-state index in [1.165, 1.54) is 0 Å². The highest BCUT2D eigenvalue weighted by Gasteiger charge is 2.38. The Morgan fingerprint density at radius 2 is 2.18 bits per heavy atom. The smallest absolute Gasteiger partial charge is 0.494 e. The van der Waals surface area contributed by atoms with E-state index in [0.717, 1.165) is 5.56 Å². The molecular formula is C15H22BNO5. The summed E-state index contributed by atoms with van der Waals surface area (Å²) in [4.78, 5) is 11.7. The van der Waals surface area contributed by atoms with Gasteiger partial charge >= 0.3 is 13.2 Å². The minimum absolute atomic E-state index is 0.217. The van der Waals surface area contributed by atoms with Crippen LogP contribution in [0.1, 0.15) is 39.4 Å². The van der Waals surface area contributed by atoms with Crippen molar-refractivity contribution in [2.45, 2.75) is 39.4 Å². The van der Waals surface area contributed by atoms with Crippen LogP contribution in [0.5, 0.6) is 5.75 Å². The van der Waals surface area contributed by atoms with Crippen LogP contribution in [0.15, 0.2) is 18.2 Å². The predicted octanol–water partition coefficient (Wildman–Crippen LogP) is 1.37. The quantitative estimate of drug-likeness (QED) is 0.822. The van der Waals surface area contributed by atoms with E-state index in [4.69, 9.17) is 14.1 Å². The van der Waals surface area contributed by atoms with Gasteiger partial charge in [-0.3, -0.25) is 0 Å². The molecule has 0 spiro atoms. The molecule has 7 heteroatoms. The zero-order valence-electron chi connectivity index (χ0n) is 13.4. The summed E-state index contributed by atoms with van der Waals surface area (Å²) < 4.78 is 16.2. The first kappa shape index (κ1) is 16.6. The van der Waals surface area contributed by atoms with Crippen LogP contribution in [-0.4, -0.2) is 37.0 Å². The highest BCUT2D eigenvalue weighted by atomic mass is 16.6. The van der Waals surface area contributed by atoms with Crippen LogP contribution in [0.4, 0.5) is 4.79 Å². The van der Waals surface area contributed by atoms with Crippen molar-refractivity contribution < 1.29 is 23.9 Å². The Balaban J connectivity index is 2.05. The molecule has 1 aliphatic heterocycles. The molecule has 1 unspecified atom stereocenters. The van der Waals surface area contributed by atoms with E-state index >= 15 is 0 Å². The second kappa shape index (κ2) is 6.58. The third-order valence-corrected chi connectivity index (χ3v) is 3.12. The summed E-state index contributed by atoms with van der Waals surface area (Å²) >= 11 is 0. The van der Waals surface area contributed by atoms with Crippen LogP contribution in [0.2, 0.25) is 0 Å². The number of benzene rings is 1. The number of ether oxygens (including phenoxy) is 2. The molecule has 0 bridgehead atoms. The molecule has 1 atom stereocenters. The third kappa shape index (κ3) is 3.93. The van der Waals surface area contributed by atoms with Gasteiger partial charge in [0.15, 0.2) is 0 Å². The zero-order chi connectivity index (χ0) is 16.3. The van der Waals surface area contributed by atoms with E-state index in [9.17, 15) is 9.82 Å². The minimum atomic E-state index is -1.05. The average Bonchev–Trinajstić information content (AvgIpc) is 2.73.